The third kappa shape index (κ3) is 1.67. The molecule has 1 aliphatic rings. The topological polar surface area (TPSA) is 12.0 Å². The van der Waals surface area contributed by atoms with Crippen molar-refractivity contribution in [1.82, 2.24) is 5.32 Å². The highest BCUT2D eigenvalue weighted by molar-refractivity contribution is 7.82. The number of allylic oxidation sites excluding steroid dienone is 2. The first-order valence-electron chi connectivity index (χ1n) is 3.22. The molecule has 1 N–H and O–H groups in total. The molecule has 0 bridgehead atoms. The molecule has 1 unspecified atom stereocenters. The molecule has 0 amide bonds. The van der Waals surface area contributed by atoms with Crippen LogP contribution in [0.15, 0.2) is 37.1 Å². The lowest BCUT2D eigenvalue weighted by Gasteiger charge is -2.25. The third-order valence-electron chi connectivity index (χ3n) is 1.37. The van der Waals surface area contributed by atoms with Gasteiger partial charge in [0.25, 0.3) is 0 Å². The van der Waals surface area contributed by atoms with Crippen molar-refractivity contribution in [1.29, 1.82) is 0 Å². The Hall–Kier alpha value is -0.630. The molecule has 1 heterocycles. The quantitative estimate of drug-likeness (QED) is 0.456. The van der Waals surface area contributed by atoms with Crippen molar-refractivity contribution in [3.8, 4) is 0 Å². The Balaban J connectivity index is 2.60. The van der Waals surface area contributed by atoms with E-state index < -0.39 is 0 Å². The fraction of sp³-hybridized carbons (Fsp3) is 0.250. The van der Waals surface area contributed by atoms with Crippen molar-refractivity contribution < 1.29 is 0 Å². The maximum atomic E-state index is 4.41. The summed E-state index contributed by atoms with van der Waals surface area (Å²) >= 11 is 4.41. The van der Waals surface area contributed by atoms with Crippen LogP contribution in [-0.4, -0.2) is 4.87 Å². The van der Waals surface area contributed by atoms with E-state index in [4.69, 9.17) is 0 Å². The average molecular weight is 153 g/mol. The molecular formula is C8H11NS. The van der Waals surface area contributed by atoms with Crippen LogP contribution in [0.5, 0.6) is 0 Å². The zero-order valence-electron chi connectivity index (χ0n) is 5.75. The van der Waals surface area contributed by atoms with Gasteiger partial charge < -0.3 is 5.32 Å². The van der Waals surface area contributed by atoms with Crippen molar-refractivity contribution in [3.05, 3.63) is 37.1 Å². The standard InChI is InChI=1S/C8H11NS/c1-2-5-8(10)6-3-4-7-9-8/h2-4,6-7,9-10H,1,5H2. The van der Waals surface area contributed by atoms with E-state index in [-0.39, 0.29) is 4.87 Å². The monoisotopic (exact) mass is 153 g/mol. The molecule has 0 saturated heterocycles. The Bertz CT molecular complexity index is 180. The van der Waals surface area contributed by atoms with E-state index >= 15 is 0 Å². The van der Waals surface area contributed by atoms with Crippen LogP contribution >= 0.6 is 12.6 Å². The SMILES string of the molecule is C=CCC1(S)C=CC=CN1. The van der Waals surface area contributed by atoms with Crippen LogP contribution in [0.25, 0.3) is 0 Å². The van der Waals surface area contributed by atoms with Gasteiger partial charge in [-0.1, -0.05) is 12.2 Å². The van der Waals surface area contributed by atoms with Crippen LogP contribution in [0.2, 0.25) is 0 Å². The van der Waals surface area contributed by atoms with Gasteiger partial charge in [-0.15, -0.1) is 19.2 Å². The van der Waals surface area contributed by atoms with Gasteiger partial charge in [-0.2, -0.15) is 0 Å². The van der Waals surface area contributed by atoms with Gasteiger partial charge in [-0.3, -0.25) is 0 Å². The summed E-state index contributed by atoms with van der Waals surface area (Å²) in [7, 11) is 0. The normalized spacial score (nSPS) is 29.7. The zero-order chi connectivity index (χ0) is 7.45. The first kappa shape index (κ1) is 7.48. The molecule has 2 heteroatoms. The zero-order valence-corrected chi connectivity index (χ0v) is 6.64. The fourth-order valence-electron chi connectivity index (χ4n) is 0.858. The summed E-state index contributed by atoms with van der Waals surface area (Å²) in [6, 6.07) is 0. The van der Waals surface area contributed by atoms with Gasteiger partial charge in [0.15, 0.2) is 0 Å². The van der Waals surface area contributed by atoms with Gasteiger partial charge in [0.1, 0.15) is 4.87 Å². The van der Waals surface area contributed by atoms with E-state index in [1.807, 2.05) is 30.5 Å². The predicted molar refractivity (Wildman–Crippen MR) is 47.9 cm³/mol. The molecule has 1 atom stereocenters. The predicted octanol–water partition coefficient (Wildman–Crippen LogP) is 1.86. The van der Waals surface area contributed by atoms with E-state index in [0.29, 0.717) is 0 Å². The maximum Gasteiger partial charge on any atom is 0.103 e. The summed E-state index contributed by atoms with van der Waals surface area (Å²) in [6.07, 6.45) is 10.5. The number of thiol groups is 1. The van der Waals surface area contributed by atoms with Crippen LogP contribution in [0.4, 0.5) is 0 Å². The second-order valence-electron chi connectivity index (χ2n) is 2.28. The smallest absolute Gasteiger partial charge is 0.103 e. The number of dihydropyridines is 1. The molecule has 1 aliphatic heterocycles. The van der Waals surface area contributed by atoms with Gasteiger partial charge >= 0.3 is 0 Å². The highest BCUT2D eigenvalue weighted by Gasteiger charge is 2.18. The molecule has 1 nitrogen and oxygen atoms in total. The average Bonchev–Trinajstić information content (AvgIpc) is 1.89. The van der Waals surface area contributed by atoms with Crippen LogP contribution in [-0.2, 0) is 0 Å². The van der Waals surface area contributed by atoms with Gasteiger partial charge in [-0.25, -0.2) is 0 Å². The lowest BCUT2D eigenvalue weighted by molar-refractivity contribution is 0.650. The van der Waals surface area contributed by atoms with Crippen LogP contribution in [0, 0.1) is 0 Å². The fourth-order valence-corrected chi connectivity index (χ4v) is 1.15. The molecule has 1 rings (SSSR count). The summed E-state index contributed by atoms with van der Waals surface area (Å²) in [5.74, 6) is 0. The van der Waals surface area contributed by atoms with E-state index in [0.717, 1.165) is 6.42 Å². The Morgan fingerprint density at radius 2 is 2.40 bits per heavy atom. The Kier molecular flexibility index (Phi) is 2.22. The van der Waals surface area contributed by atoms with E-state index in [1.54, 1.807) is 0 Å². The summed E-state index contributed by atoms with van der Waals surface area (Å²) in [6.45, 7) is 3.65. The molecule has 0 aromatic carbocycles. The van der Waals surface area contributed by atoms with Crippen molar-refractivity contribution >= 4 is 12.6 Å². The molecule has 0 aromatic heterocycles. The summed E-state index contributed by atoms with van der Waals surface area (Å²) in [5.41, 5.74) is 0. The first-order valence-corrected chi connectivity index (χ1v) is 3.67. The molecule has 10 heavy (non-hydrogen) atoms. The molecule has 0 aromatic rings. The molecule has 0 radical (unpaired) electrons. The number of nitrogens with one attached hydrogen (secondary N) is 1. The minimum Gasteiger partial charge on any atom is -0.373 e. The lowest BCUT2D eigenvalue weighted by Crippen LogP contribution is -2.34. The molecule has 0 spiro atoms. The Morgan fingerprint density at radius 3 is 2.90 bits per heavy atom. The van der Waals surface area contributed by atoms with Crippen LogP contribution < -0.4 is 5.32 Å². The molecule has 0 saturated carbocycles. The van der Waals surface area contributed by atoms with E-state index in [1.165, 1.54) is 0 Å². The van der Waals surface area contributed by atoms with Gasteiger partial charge in [0.05, 0.1) is 0 Å². The van der Waals surface area contributed by atoms with Crippen LogP contribution in [0.1, 0.15) is 6.42 Å². The van der Waals surface area contributed by atoms with Gasteiger partial charge in [0, 0.05) is 6.42 Å². The number of hydrogen-bond donors (Lipinski definition) is 2. The second kappa shape index (κ2) is 2.97. The summed E-state index contributed by atoms with van der Waals surface area (Å²) in [5, 5.41) is 3.12. The summed E-state index contributed by atoms with van der Waals surface area (Å²) < 4.78 is 0. The molecular weight excluding hydrogens is 142 g/mol. The number of rotatable bonds is 2. The van der Waals surface area contributed by atoms with Crippen molar-refractivity contribution in [2.45, 2.75) is 11.3 Å². The van der Waals surface area contributed by atoms with Crippen molar-refractivity contribution in [2.24, 2.45) is 0 Å². The second-order valence-corrected chi connectivity index (χ2v) is 3.08. The van der Waals surface area contributed by atoms with Gasteiger partial charge in [0.2, 0.25) is 0 Å². The molecule has 54 valence electrons. The number of hydrogen-bond acceptors (Lipinski definition) is 2. The Labute approximate surface area is 66.9 Å². The minimum atomic E-state index is -0.212. The molecule has 0 fully saturated rings. The third-order valence-corrected chi connectivity index (χ3v) is 1.83. The van der Waals surface area contributed by atoms with Crippen molar-refractivity contribution in [3.63, 3.8) is 0 Å². The first-order chi connectivity index (χ1) is 4.77. The van der Waals surface area contributed by atoms with E-state index in [2.05, 4.69) is 24.5 Å². The minimum absolute atomic E-state index is 0.212. The summed E-state index contributed by atoms with van der Waals surface area (Å²) in [4.78, 5) is -0.212. The largest absolute Gasteiger partial charge is 0.373 e. The molecule has 0 aliphatic carbocycles. The van der Waals surface area contributed by atoms with Gasteiger partial charge in [-0.05, 0) is 18.4 Å². The Morgan fingerprint density at radius 1 is 1.60 bits per heavy atom. The van der Waals surface area contributed by atoms with Crippen LogP contribution in [0.3, 0.4) is 0 Å². The lowest BCUT2D eigenvalue weighted by atomic mass is 10.1. The van der Waals surface area contributed by atoms with Crippen molar-refractivity contribution in [2.75, 3.05) is 0 Å². The highest BCUT2D eigenvalue weighted by atomic mass is 32.1. The highest BCUT2D eigenvalue weighted by Crippen LogP contribution is 2.19. The van der Waals surface area contributed by atoms with E-state index in [9.17, 15) is 0 Å². The maximum absolute atomic E-state index is 4.41.